The molecule has 0 bridgehead atoms. The molecule has 0 saturated heterocycles. The third kappa shape index (κ3) is 1.16. The van der Waals surface area contributed by atoms with Crippen LogP contribution in [0.1, 0.15) is 27.2 Å². The van der Waals surface area contributed by atoms with Crippen LogP contribution in [0, 0.1) is 0 Å². The van der Waals surface area contributed by atoms with Crippen molar-refractivity contribution in [1.82, 2.24) is 5.32 Å². The summed E-state index contributed by atoms with van der Waals surface area (Å²) < 4.78 is 0. The Morgan fingerprint density at radius 2 is 2.33 bits per heavy atom. The zero-order valence-corrected chi connectivity index (χ0v) is 6.49. The average molecular weight is 125 g/mol. The van der Waals surface area contributed by atoms with Gasteiger partial charge in [-0.25, -0.2) is 0 Å². The molecule has 1 rings (SSSR count). The molecule has 1 atom stereocenters. The lowest BCUT2D eigenvalue weighted by Crippen LogP contribution is -2.20. The van der Waals surface area contributed by atoms with Crippen molar-refractivity contribution >= 4 is 0 Å². The summed E-state index contributed by atoms with van der Waals surface area (Å²) in [6.45, 7) is 7.78. The first-order valence-corrected chi connectivity index (χ1v) is 3.67. The normalized spacial score (nSPS) is 27.7. The summed E-state index contributed by atoms with van der Waals surface area (Å²) in [6.07, 6.45) is 1.21. The summed E-state index contributed by atoms with van der Waals surface area (Å²) in [5.41, 5.74) is 3.15. The lowest BCUT2D eigenvalue weighted by Gasteiger charge is -2.05. The smallest absolute Gasteiger partial charge is 0.0257 e. The van der Waals surface area contributed by atoms with Gasteiger partial charge in [0.25, 0.3) is 0 Å². The van der Waals surface area contributed by atoms with Gasteiger partial charge in [0, 0.05) is 12.6 Å². The molecule has 1 heteroatoms. The second-order valence-corrected chi connectivity index (χ2v) is 2.76. The van der Waals surface area contributed by atoms with Crippen LogP contribution in [0.2, 0.25) is 0 Å². The van der Waals surface area contributed by atoms with Gasteiger partial charge in [0.1, 0.15) is 0 Å². The van der Waals surface area contributed by atoms with Crippen LogP contribution in [0.3, 0.4) is 0 Å². The fourth-order valence-corrected chi connectivity index (χ4v) is 1.52. The molecule has 0 spiro atoms. The Kier molecular flexibility index (Phi) is 1.91. The predicted octanol–water partition coefficient (Wildman–Crippen LogP) is 1.70. The van der Waals surface area contributed by atoms with E-state index < -0.39 is 0 Å². The predicted molar refractivity (Wildman–Crippen MR) is 40.5 cm³/mol. The second kappa shape index (κ2) is 2.53. The number of hydrogen-bond acceptors (Lipinski definition) is 1. The first-order chi connectivity index (χ1) is 4.25. The van der Waals surface area contributed by atoms with Crippen LogP contribution in [0.5, 0.6) is 0 Å². The molecule has 0 radical (unpaired) electrons. The SMILES string of the molecule is CCC1=C(C)CNC1C. The van der Waals surface area contributed by atoms with Crippen LogP contribution >= 0.6 is 0 Å². The van der Waals surface area contributed by atoms with Gasteiger partial charge in [-0.1, -0.05) is 18.1 Å². The highest BCUT2D eigenvalue weighted by Crippen LogP contribution is 2.17. The van der Waals surface area contributed by atoms with Crippen LogP contribution in [-0.4, -0.2) is 12.6 Å². The molecule has 1 aliphatic rings. The standard InChI is InChI=1S/C8H15N/c1-4-8-6(2)5-9-7(8)3/h7,9H,4-5H2,1-3H3. The van der Waals surface area contributed by atoms with E-state index in [0.29, 0.717) is 6.04 Å². The van der Waals surface area contributed by atoms with Crippen molar-refractivity contribution in [3.8, 4) is 0 Å². The Bertz CT molecular complexity index is 136. The Balaban J connectivity index is 2.69. The van der Waals surface area contributed by atoms with Gasteiger partial charge < -0.3 is 5.32 Å². The minimum Gasteiger partial charge on any atom is -0.307 e. The van der Waals surface area contributed by atoms with Crippen molar-refractivity contribution in [1.29, 1.82) is 0 Å². The Hall–Kier alpha value is -0.300. The molecule has 0 saturated carbocycles. The summed E-state index contributed by atoms with van der Waals surface area (Å²) in [4.78, 5) is 0. The van der Waals surface area contributed by atoms with E-state index in [1.165, 1.54) is 6.42 Å². The minimum atomic E-state index is 0.634. The average Bonchev–Trinajstić information content (AvgIpc) is 2.12. The maximum Gasteiger partial charge on any atom is 0.0257 e. The Morgan fingerprint density at radius 1 is 1.67 bits per heavy atom. The molecule has 52 valence electrons. The van der Waals surface area contributed by atoms with Crippen molar-refractivity contribution < 1.29 is 0 Å². The molecule has 9 heavy (non-hydrogen) atoms. The van der Waals surface area contributed by atoms with Crippen LogP contribution in [-0.2, 0) is 0 Å². The van der Waals surface area contributed by atoms with Crippen LogP contribution in [0.25, 0.3) is 0 Å². The highest BCUT2D eigenvalue weighted by Gasteiger charge is 2.15. The van der Waals surface area contributed by atoms with Crippen LogP contribution in [0.4, 0.5) is 0 Å². The molecule has 1 aliphatic heterocycles. The summed E-state index contributed by atoms with van der Waals surface area (Å²) in [5.74, 6) is 0. The molecule has 0 fully saturated rings. The van der Waals surface area contributed by atoms with Crippen molar-refractivity contribution in [3.63, 3.8) is 0 Å². The highest BCUT2D eigenvalue weighted by molar-refractivity contribution is 5.23. The molecular formula is C8H15N. The maximum atomic E-state index is 3.40. The molecule has 0 amide bonds. The van der Waals surface area contributed by atoms with Crippen LogP contribution < -0.4 is 5.32 Å². The van der Waals surface area contributed by atoms with Gasteiger partial charge in [0.05, 0.1) is 0 Å². The zero-order chi connectivity index (χ0) is 6.85. The Labute approximate surface area is 57.1 Å². The Morgan fingerprint density at radius 3 is 2.56 bits per heavy atom. The van der Waals surface area contributed by atoms with E-state index >= 15 is 0 Å². The molecule has 1 N–H and O–H groups in total. The maximum absolute atomic E-state index is 3.40. The fourth-order valence-electron chi connectivity index (χ4n) is 1.52. The van der Waals surface area contributed by atoms with E-state index in [2.05, 4.69) is 26.1 Å². The fraction of sp³-hybridized carbons (Fsp3) is 0.750. The number of rotatable bonds is 1. The van der Waals surface area contributed by atoms with Gasteiger partial charge in [0.2, 0.25) is 0 Å². The lowest BCUT2D eigenvalue weighted by molar-refractivity contribution is 0.685. The van der Waals surface area contributed by atoms with Crippen LogP contribution in [0.15, 0.2) is 11.1 Å². The molecule has 0 aromatic rings. The molecule has 0 aliphatic carbocycles. The molecule has 0 aromatic heterocycles. The zero-order valence-electron chi connectivity index (χ0n) is 6.49. The second-order valence-electron chi connectivity index (χ2n) is 2.76. The number of hydrogen-bond donors (Lipinski definition) is 1. The first-order valence-electron chi connectivity index (χ1n) is 3.67. The summed E-state index contributed by atoms with van der Waals surface area (Å²) in [6, 6.07) is 0.634. The largest absolute Gasteiger partial charge is 0.307 e. The van der Waals surface area contributed by atoms with Crippen molar-refractivity contribution in [2.75, 3.05) is 6.54 Å². The van der Waals surface area contributed by atoms with E-state index in [-0.39, 0.29) is 0 Å². The van der Waals surface area contributed by atoms with Gasteiger partial charge >= 0.3 is 0 Å². The topological polar surface area (TPSA) is 12.0 Å². The van der Waals surface area contributed by atoms with Gasteiger partial charge in [-0.15, -0.1) is 0 Å². The van der Waals surface area contributed by atoms with E-state index in [0.717, 1.165) is 6.54 Å². The third-order valence-electron chi connectivity index (χ3n) is 2.13. The van der Waals surface area contributed by atoms with E-state index in [1.54, 1.807) is 11.1 Å². The van der Waals surface area contributed by atoms with E-state index in [1.807, 2.05) is 0 Å². The highest BCUT2D eigenvalue weighted by atomic mass is 14.9. The van der Waals surface area contributed by atoms with E-state index in [9.17, 15) is 0 Å². The summed E-state index contributed by atoms with van der Waals surface area (Å²) >= 11 is 0. The number of nitrogens with one attached hydrogen (secondary N) is 1. The summed E-state index contributed by atoms with van der Waals surface area (Å²) in [5, 5.41) is 3.40. The summed E-state index contributed by atoms with van der Waals surface area (Å²) in [7, 11) is 0. The van der Waals surface area contributed by atoms with Crippen molar-refractivity contribution in [2.45, 2.75) is 33.2 Å². The first kappa shape index (κ1) is 6.81. The van der Waals surface area contributed by atoms with Crippen molar-refractivity contribution in [2.24, 2.45) is 0 Å². The van der Waals surface area contributed by atoms with Gasteiger partial charge in [-0.3, -0.25) is 0 Å². The van der Waals surface area contributed by atoms with Gasteiger partial charge in [-0.2, -0.15) is 0 Å². The van der Waals surface area contributed by atoms with Gasteiger partial charge in [0.15, 0.2) is 0 Å². The van der Waals surface area contributed by atoms with Crippen molar-refractivity contribution in [3.05, 3.63) is 11.1 Å². The molecule has 1 nitrogen and oxygen atoms in total. The molecular weight excluding hydrogens is 110 g/mol. The lowest BCUT2D eigenvalue weighted by atomic mass is 10.1. The molecule has 0 aromatic carbocycles. The minimum absolute atomic E-state index is 0.634. The molecule has 1 unspecified atom stereocenters. The molecule has 1 heterocycles. The monoisotopic (exact) mass is 125 g/mol. The quantitative estimate of drug-likeness (QED) is 0.526. The third-order valence-corrected chi connectivity index (χ3v) is 2.13. The van der Waals surface area contributed by atoms with Gasteiger partial charge in [-0.05, 0) is 20.3 Å². The van der Waals surface area contributed by atoms with E-state index in [4.69, 9.17) is 0 Å².